The zero-order valence-corrected chi connectivity index (χ0v) is 17.6. The number of aryl methyl sites for hydroxylation is 1. The van der Waals surface area contributed by atoms with Crippen molar-refractivity contribution in [3.8, 4) is 11.5 Å². The molecule has 2 N–H and O–H groups in total. The summed E-state index contributed by atoms with van der Waals surface area (Å²) < 4.78 is 11.2. The van der Waals surface area contributed by atoms with E-state index in [1.165, 1.54) is 0 Å². The number of anilines is 1. The molecule has 0 aromatic heterocycles. The first-order chi connectivity index (χ1) is 13.9. The van der Waals surface area contributed by atoms with Gasteiger partial charge in [-0.15, -0.1) is 0 Å². The van der Waals surface area contributed by atoms with Crippen LogP contribution in [0.4, 0.5) is 5.69 Å². The lowest BCUT2D eigenvalue weighted by Gasteiger charge is -2.14. The SMILES string of the molecule is CCOc1ccc(CCC(=O)Nc2ccccc2C(=O)NC(C)C)cc1OCC. The maximum absolute atomic E-state index is 12.5. The van der Waals surface area contributed by atoms with Gasteiger partial charge < -0.3 is 20.1 Å². The van der Waals surface area contributed by atoms with E-state index in [0.717, 1.165) is 5.56 Å². The first kappa shape index (κ1) is 22.3. The van der Waals surface area contributed by atoms with Gasteiger partial charge in [0, 0.05) is 12.5 Å². The Balaban J connectivity index is 2.02. The molecule has 29 heavy (non-hydrogen) atoms. The summed E-state index contributed by atoms with van der Waals surface area (Å²) >= 11 is 0. The number of ether oxygens (including phenoxy) is 2. The topological polar surface area (TPSA) is 76.7 Å². The number of carbonyl (C=O) groups excluding carboxylic acids is 2. The third-order valence-corrected chi connectivity index (χ3v) is 4.11. The molecule has 0 aliphatic rings. The highest BCUT2D eigenvalue weighted by Crippen LogP contribution is 2.29. The molecule has 0 spiro atoms. The maximum atomic E-state index is 12.5. The van der Waals surface area contributed by atoms with Gasteiger partial charge in [0.25, 0.3) is 5.91 Å². The second-order valence-corrected chi connectivity index (χ2v) is 6.87. The van der Waals surface area contributed by atoms with Crippen LogP contribution in [-0.4, -0.2) is 31.1 Å². The molecule has 6 nitrogen and oxygen atoms in total. The zero-order chi connectivity index (χ0) is 21.2. The van der Waals surface area contributed by atoms with E-state index in [1.54, 1.807) is 24.3 Å². The van der Waals surface area contributed by atoms with Gasteiger partial charge in [-0.3, -0.25) is 9.59 Å². The van der Waals surface area contributed by atoms with E-state index < -0.39 is 0 Å². The Hall–Kier alpha value is -3.02. The first-order valence-electron chi connectivity index (χ1n) is 10.0. The summed E-state index contributed by atoms with van der Waals surface area (Å²) in [6, 6.07) is 12.7. The van der Waals surface area contributed by atoms with Crippen LogP contribution in [0.1, 0.15) is 50.0 Å². The van der Waals surface area contributed by atoms with Gasteiger partial charge in [0.05, 0.1) is 24.5 Å². The van der Waals surface area contributed by atoms with E-state index in [2.05, 4.69) is 10.6 Å². The van der Waals surface area contributed by atoms with Crippen LogP contribution in [-0.2, 0) is 11.2 Å². The quantitative estimate of drug-likeness (QED) is 0.629. The summed E-state index contributed by atoms with van der Waals surface area (Å²) in [4.78, 5) is 24.8. The molecule has 0 bridgehead atoms. The van der Waals surface area contributed by atoms with Crippen LogP contribution in [0.15, 0.2) is 42.5 Å². The Morgan fingerprint density at radius 1 is 0.966 bits per heavy atom. The van der Waals surface area contributed by atoms with Crippen LogP contribution in [0, 0.1) is 0 Å². The Labute approximate surface area is 172 Å². The minimum Gasteiger partial charge on any atom is -0.490 e. The summed E-state index contributed by atoms with van der Waals surface area (Å²) in [5.74, 6) is 1.03. The van der Waals surface area contributed by atoms with Gasteiger partial charge in [-0.25, -0.2) is 0 Å². The second kappa shape index (κ2) is 11.1. The Kier molecular flexibility index (Phi) is 8.52. The Morgan fingerprint density at radius 3 is 2.34 bits per heavy atom. The minimum atomic E-state index is -0.205. The molecule has 0 atom stereocenters. The monoisotopic (exact) mass is 398 g/mol. The number of para-hydroxylation sites is 1. The fraction of sp³-hybridized carbons (Fsp3) is 0.391. The largest absolute Gasteiger partial charge is 0.490 e. The van der Waals surface area contributed by atoms with Gasteiger partial charge in [-0.2, -0.15) is 0 Å². The molecule has 0 heterocycles. The van der Waals surface area contributed by atoms with Gasteiger partial charge >= 0.3 is 0 Å². The van der Waals surface area contributed by atoms with Gasteiger partial charge in [0.1, 0.15) is 0 Å². The van der Waals surface area contributed by atoms with Crippen molar-refractivity contribution >= 4 is 17.5 Å². The molecule has 2 aromatic rings. The van der Waals surface area contributed by atoms with Crippen LogP contribution < -0.4 is 20.1 Å². The summed E-state index contributed by atoms with van der Waals surface area (Å²) in [5, 5.41) is 5.70. The highest BCUT2D eigenvalue weighted by molar-refractivity contribution is 6.03. The molecule has 0 aliphatic heterocycles. The number of nitrogens with one attached hydrogen (secondary N) is 2. The molecule has 6 heteroatoms. The average molecular weight is 399 g/mol. The van der Waals surface area contributed by atoms with E-state index >= 15 is 0 Å². The van der Waals surface area contributed by atoms with Crippen LogP contribution >= 0.6 is 0 Å². The van der Waals surface area contributed by atoms with Crippen molar-refractivity contribution in [1.82, 2.24) is 5.32 Å². The van der Waals surface area contributed by atoms with Gasteiger partial charge in [-0.1, -0.05) is 18.2 Å². The summed E-state index contributed by atoms with van der Waals surface area (Å²) in [5.41, 5.74) is 1.95. The van der Waals surface area contributed by atoms with Crippen molar-refractivity contribution in [3.63, 3.8) is 0 Å². The molecule has 0 aliphatic carbocycles. The fourth-order valence-corrected chi connectivity index (χ4v) is 2.85. The molecule has 0 saturated heterocycles. The number of rotatable bonds is 10. The van der Waals surface area contributed by atoms with E-state index in [9.17, 15) is 9.59 Å². The lowest BCUT2D eigenvalue weighted by molar-refractivity contribution is -0.116. The van der Waals surface area contributed by atoms with Gasteiger partial charge in [0.15, 0.2) is 11.5 Å². The van der Waals surface area contributed by atoms with Gasteiger partial charge in [0.2, 0.25) is 5.91 Å². The van der Waals surface area contributed by atoms with E-state index in [-0.39, 0.29) is 17.9 Å². The second-order valence-electron chi connectivity index (χ2n) is 6.87. The minimum absolute atomic E-state index is 0.0189. The summed E-state index contributed by atoms with van der Waals surface area (Å²) in [6.07, 6.45) is 0.846. The molecular formula is C23H30N2O4. The predicted molar refractivity (Wildman–Crippen MR) is 115 cm³/mol. The van der Waals surface area contributed by atoms with Crippen molar-refractivity contribution < 1.29 is 19.1 Å². The van der Waals surface area contributed by atoms with Crippen LogP contribution in [0.5, 0.6) is 11.5 Å². The molecule has 2 amide bonds. The number of amides is 2. The highest BCUT2D eigenvalue weighted by atomic mass is 16.5. The molecule has 156 valence electrons. The summed E-state index contributed by atoms with van der Waals surface area (Å²) in [7, 11) is 0. The lowest BCUT2D eigenvalue weighted by Crippen LogP contribution is -2.31. The molecule has 0 saturated carbocycles. The summed E-state index contributed by atoms with van der Waals surface area (Å²) in [6.45, 7) is 8.74. The lowest BCUT2D eigenvalue weighted by atomic mass is 10.1. The highest BCUT2D eigenvalue weighted by Gasteiger charge is 2.14. The Morgan fingerprint density at radius 2 is 1.66 bits per heavy atom. The normalized spacial score (nSPS) is 10.5. The van der Waals surface area contributed by atoms with Crippen LogP contribution in [0.25, 0.3) is 0 Å². The number of benzene rings is 2. The van der Waals surface area contributed by atoms with Crippen molar-refractivity contribution in [2.24, 2.45) is 0 Å². The molecule has 0 unspecified atom stereocenters. The first-order valence-corrected chi connectivity index (χ1v) is 10.0. The molecule has 2 rings (SSSR count). The van der Waals surface area contributed by atoms with Crippen molar-refractivity contribution in [2.75, 3.05) is 18.5 Å². The average Bonchev–Trinajstić information content (AvgIpc) is 2.68. The third-order valence-electron chi connectivity index (χ3n) is 4.11. The van der Waals surface area contributed by atoms with Crippen LogP contribution in [0.2, 0.25) is 0 Å². The standard InChI is InChI=1S/C23H30N2O4/c1-5-28-20-13-11-17(15-21(20)29-6-2)12-14-22(26)25-19-10-8-7-9-18(19)23(27)24-16(3)4/h7-11,13,15-16H,5-6,12,14H2,1-4H3,(H,24,27)(H,25,26). The number of carbonyl (C=O) groups is 2. The molecular weight excluding hydrogens is 368 g/mol. The number of hydrogen-bond donors (Lipinski definition) is 2. The molecule has 2 aromatic carbocycles. The fourth-order valence-electron chi connectivity index (χ4n) is 2.85. The predicted octanol–water partition coefficient (Wildman–Crippen LogP) is 4.19. The smallest absolute Gasteiger partial charge is 0.253 e. The van der Waals surface area contributed by atoms with E-state index in [1.807, 2.05) is 45.9 Å². The third kappa shape index (κ3) is 6.82. The number of hydrogen-bond acceptors (Lipinski definition) is 4. The zero-order valence-electron chi connectivity index (χ0n) is 17.6. The van der Waals surface area contributed by atoms with E-state index in [4.69, 9.17) is 9.47 Å². The van der Waals surface area contributed by atoms with E-state index in [0.29, 0.717) is 48.8 Å². The van der Waals surface area contributed by atoms with Gasteiger partial charge in [-0.05, 0) is 63.9 Å². The molecule has 0 radical (unpaired) electrons. The van der Waals surface area contributed by atoms with Crippen molar-refractivity contribution in [3.05, 3.63) is 53.6 Å². The molecule has 0 fully saturated rings. The van der Waals surface area contributed by atoms with Crippen LogP contribution in [0.3, 0.4) is 0 Å². The van der Waals surface area contributed by atoms with Crippen molar-refractivity contribution in [2.45, 2.75) is 46.6 Å². The Bertz CT molecular complexity index is 833. The maximum Gasteiger partial charge on any atom is 0.253 e. The van der Waals surface area contributed by atoms with Crippen molar-refractivity contribution in [1.29, 1.82) is 0 Å².